The van der Waals surface area contributed by atoms with Crippen LogP contribution in [0, 0.1) is 0 Å². The van der Waals surface area contributed by atoms with E-state index in [1.165, 1.54) is 22.6 Å². The van der Waals surface area contributed by atoms with Crippen molar-refractivity contribution in [2.75, 3.05) is 0 Å². The van der Waals surface area contributed by atoms with E-state index in [4.69, 9.17) is 0 Å². The molecule has 0 fully saturated rings. The van der Waals surface area contributed by atoms with Gasteiger partial charge in [-0.15, -0.1) is 11.3 Å². The summed E-state index contributed by atoms with van der Waals surface area (Å²) in [7, 11) is 0. The maximum Gasteiger partial charge on any atom is 0.250 e. The largest absolute Gasteiger partial charge is 0.289 e. The lowest BCUT2D eigenvalue weighted by atomic mass is 10.2. The maximum atomic E-state index is 10.0. The fourth-order valence-corrected chi connectivity index (χ4v) is 2.13. The number of nitrogens with one attached hydrogen (secondary N) is 1. The Hall–Kier alpha value is -2.20. The van der Waals surface area contributed by atoms with Crippen LogP contribution in [-0.2, 0) is 9.59 Å². The third-order valence-electron chi connectivity index (χ3n) is 2.21. The summed E-state index contributed by atoms with van der Waals surface area (Å²) in [6, 6.07) is 14.6. The number of amides is 2. The minimum atomic E-state index is -0.329. The van der Waals surface area contributed by atoms with Crippen molar-refractivity contribution >= 4 is 23.2 Å². The lowest BCUT2D eigenvalue weighted by molar-refractivity contribution is -0.123. The highest BCUT2D eigenvalue weighted by Crippen LogP contribution is 2.23. The van der Waals surface area contributed by atoms with Crippen LogP contribution in [-0.4, -0.2) is 11.8 Å². The third kappa shape index (κ3) is 3.40. The Morgan fingerprint density at radius 2 is 1.50 bits per heavy atom. The second-order valence-electron chi connectivity index (χ2n) is 3.53. The van der Waals surface area contributed by atoms with Gasteiger partial charge in [0, 0.05) is 17.0 Å². The molecule has 3 rings (SSSR count). The topological polar surface area (TPSA) is 46.2 Å². The minimum Gasteiger partial charge on any atom is -0.289 e. The highest BCUT2D eigenvalue weighted by molar-refractivity contribution is 7.13. The average Bonchev–Trinajstić information content (AvgIpc) is 3.03. The highest BCUT2D eigenvalue weighted by atomic mass is 32.1. The van der Waals surface area contributed by atoms with Crippen LogP contribution in [0.5, 0.6) is 0 Å². The average molecular weight is 257 g/mol. The maximum absolute atomic E-state index is 10.0. The number of hydrogen-bond donors (Lipinski definition) is 1. The fraction of sp³-hybridized carbons (Fsp3) is 0. The molecule has 1 aromatic carbocycles. The van der Waals surface area contributed by atoms with Gasteiger partial charge in [-0.05, 0) is 17.0 Å². The van der Waals surface area contributed by atoms with Crippen molar-refractivity contribution in [2.45, 2.75) is 0 Å². The molecule has 0 bridgehead atoms. The number of rotatable bonds is 1. The van der Waals surface area contributed by atoms with E-state index in [2.05, 4.69) is 41.8 Å². The molecule has 0 atom stereocenters. The summed E-state index contributed by atoms with van der Waals surface area (Å²) in [4.78, 5) is 21.4. The molecule has 0 aliphatic carbocycles. The monoisotopic (exact) mass is 257 g/mol. The van der Waals surface area contributed by atoms with E-state index in [9.17, 15) is 9.59 Å². The van der Waals surface area contributed by atoms with Gasteiger partial charge in [-0.2, -0.15) is 0 Å². The van der Waals surface area contributed by atoms with Crippen molar-refractivity contribution in [3.8, 4) is 10.4 Å². The van der Waals surface area contributed by atoms with Crippen molar-refractivity contribution < 1.29 is 9.59 Å². The van der Waals surface area contributed by atoms with Crippen LogP contribution < -0.4 is 5.32 Å². The Kier molecular flexibility index (Phi) is 4.04. The summed E-state index contributed by atoms with van der Waals surface area (Å²) in [6.07, 6.45) is 2.39. The van der Waals surface area contributed by atoms with E-state index in [0.29, 0.717) is 0 Å². The van der Waals surface area contributed by atoms with Gasteiger partial charge in [-0.1, -0.05) is 36.4 Å². The molecule has 4 heteroatoms. The zero-order valence-corrected chi connectivity index (χ0v) is 10.3. The predicted molar refractivity (Wildman–Crippen MR) is 72.0 cm³/mol. The van der Waals surface area contributed by atoms with E-state index in [-0.39, 0.29) is 11.8 Å². The van der Waals surface area contributed by atoms with Gasteiger partial charge in [0.2, 0.25) is 0 Å². The molecule has 0 spiro atoms. The van der Waals surface area contributed by atoms with Gasteiger partial charge in [0.15, 0.2) is 0 Å². The Morgan fingerprint density at radius 1 is 0.833 bits per heavy atom. The molecule has 3 nitrogen and oxygen atoms in total. The van der Waals surface area contributed by atoms with E-state index in [1.807, 2.05) is 11.4 Å². The summed E-state index contributed by atoms with van der Waals surface area (Å²) < 4.78 is 0. The fourth-order valence-electron chi connectivity index (χ4n) is 1.40. The Labute approximate surface area is 109 Å². The van der Waals surface area contributed by atoms with Crippen LogP contribution in [0.15, 0.2) is 60.0 Å². The van der Waals surface area contributed by atoms with E-state index in [0.717, 1.165) is 0 Å². The molecule has 90 valence electrons. The number of carbonyl (C=O) groups excluding carboxylic acids is 2. The summed E-state index contributed by atoms with van der Waals surface area (Å²) in [5.74, 6) is -0.657. The zero-order valence-electron chi connectivity index (χ0n) is 9.50. The zero-order chi connectivity index (χ0) is 12.8. The van der Waals surface area contributed by atoms with E-state index >= 15 is 0 Å². The molecular formula is C14H11NO2S. The van der Waals surface area contributed by atoms with Crippen molar-refractivity contribution in [2.24, 2.45) is 0 Å². The van der Waals surface area contributed by atoms with Gasteiger partial charge < -0.3 is 0 Å². The van der Waals surface area contributed by atoms with Crippen molar-refractivity contribution in [3.63, 3.8) is 0 Å². The van der Waals surface area contributed by atoms with Crippen molar-refractivity contribution in [1.82, 2.24) is 5.32 Å². The first-order chi connectivity index (χ1) is 8.75. The molecule has 2 amide bonds. The second-order valence-corrected chi connectivity index (χ2v) is 4.48. The van der Waals surface area contributed by atoms with Crippen LogP contribution in [0.4, 0.5) is 0 Å². The molecule has 1 aromatic heterocycles. The predicted octanol–water partition coefficient (Wildman–Crippen LogP) is 2.61. The Balaban J connectivity index is 0.000000149. The first-order valence-electron chi connectivity index (χ1n) is 5.37. The lowest BCUT2D eigenvalue weighted by Crippen LogP contribution is -2.19. The molecule has 18 heavy (non-hydrogen) atoms. The number of carbonyl (C=O) groups is 2. The number of hydrogen-bond acceptors (Lipinski definition) is 3. The molecule has 1 aliphatic rings. The van der Waals surface area contributed by atoms with Gasteiger partial charge in [0.1, 0.15) is 0 Å². The summed E-state index contributed by atoms with van der Waals surface area (Å²) >= 11 is 1.78. The quantitative estimate of drug-likeness (QED) is 0.798. The lowest BCUT2D eigenvalue weighted by Gasteiger charge is -1.93. The number of thiophene rings is 1. The summed E-state index contributed by atoms with van der Waals surface area (Å²) in [6.45, 7) is 0. The van der Waals surface area contributed by atoms with Crippen LogP contribution in [0.25, 0.3) is 10.4 Å². The van der Waals surface area contributed by atoms with Gasteiger partial charge >= 0.3 is 0 Å². The summed E-state index contributed by atoms with van der Waals surface area (Å²) in [5.41, 5.74) is 1.31. The summed E-state index contributed by atoms with van der Waals surface area (Å²) in [5, 5.41) is 4.13. The van der Waals surface area contributed by atoms with Crippen LogP contribution >= 0.6 is 11.3 Å². The molecule has 1 N–H and O–H groups in total. The minimum absolute atomic E-state index is 0.329. The van der Waals surface area contributed by atoms with Gasteiger partial charge in [-0.25, -0.2) is 0 Å². The molecule has 0 unspecified atom stereocenters. The highest BCUT2D eigenvalue weighted by Gasteiger charge is 2.06. The first kappa shape index (κ1) is 12.3. The van der Waals surface area contributed by atoms with Gasteiger partial charge in [0.05, 0.1) is 0 Å². The van der Waals surface area contributed by atoms with E-state index < -0.39 is 0 Å². The van der Waals surface area contributed by atoms with Crippen molar-refractivity contribution in [3.05, 3.63) is 60.0 Å². The number of benzene rings is 1. The third-order valence-corrected chi connectivity index (χ3v) is 3.13. The van der Waals surface area contributed by atoms with Crippen LogP contribution in [0.2, 0.25) is 0 Å². The first-order valence-corrected chi connectivity index (χ1v) is 6.25. The molecule has 0 saturated carbocycles. The molecule has 2 aromatic rings. The SMILES string of the molecule is O=C1C=CC(=O)N1.c1ccc(-c2cccs2)cc1. The van der Waals surface area contributed by atoms with Gasteiger partial charge in [0.25, 0.3) is 11.8 Å². The smallest absolute Gasteiger partial charge is 0.250 e. The molecular weight excluding hydrogens is 246 g/mol. The molecule has 0 radical (unpaired) electrons. The number of imide groups is 1. The van der Waals surface area contributed by atoms with E-state index in [1.54, 1.807) is 11.3 Å². The van der Waals surface area contributed by atoms with Crippen LogP contribution in [0.3, 0.4) is 0 Å². The second kappa shape index (κ2) is 5.93. The Bertz CT molecular complexity index is 543. The standard InChI is InChI=1S/C10H8S.C4H3NO2/c1-2-5-9(6-3-1)10-7-4-8-11-10;6-3-1-2-4(7)5-3/h1-8H;1-2H,(H,5,6,7). The molecule has 0 saturated heterocycles. The molecule has 2 heterocycles. The van der Waals surface area contributed by atoms with Gasteiger partial charge in [-0.3, -0.25) is 14.9 Å². The molecule has 1 aliphatic heterocycles. The Morgan fingerprint density at radius 3 is 1.94 bits per heavy atom. The van der Waals surface area contributed by atoms with Crippen molar-refractivity contribution in [1.29, 1.82) is 0 Å². The normalized spacial score (nSPS) is 12.9. The van der Waals surface area contributed by atoms with Crippen LogP contribution in [0.1, 0.15) is 0 Å².